The fourth-order valence-corrected chi connectivity index (χ4v) is 1.48. The summed E-state index contributed by atoms with van der Waals surface area (Å²) < 4.78 is 10.2. The van der Waals surface area contributed by atoms with E-state index in [-0.39, 0.29) is 12.3 Å². The van der Waals surface area contributed by atoms with Gasteiger partial charge >= 0.3 is 5.97 Å². The second-order valence-electron chi connectivity index (χ2n) is 3.50. The Morgan fingerprint density at radius 1 is 1.60 bits per heavy atom. The number of ether oxygens (including phenoxy) is 1. The number of rotatable bonds is 4. The third-order valence-corrected chi connectivity index (χ3v) is 2.33. The lowest BCUT2D eigenvalue weighted by molar-refractivity contribution is -0.137. The van der Waals surface area contributed by atoms with Crippen LogP contribution in [0.4, 0.5) is 0 Å². The lowest BCUT2D eigenvalue weighted by Crippen LogP contribution is -2.00. The van der Waals surface area contributed by atoms with Gasteiger partial charge in [-0.05, 0) is 6.42 Å². The van der Waals surface area contributed by atoms with E-state index in [0.717, 1.165) is 13.0 Å². The molecule has 1 aromatic rings. The number of carboxylic acid groups (broad SMARTS) is 1. The highest BCUT2D eigenvalue weighted by molar-refractivity contribution is 5.66. The molecule has 1 unspecified atom stereocenters. The highest BCUT2D eigenvalue weighted by atomic mass is 16.5. The molecule has 1 atom stereocenters. The number of hydrogen-bond acceptors (Lipinski definition) is 5. The zero-order valence-corrected chi connectivity index (χ0v) is 8.18. The Morgan fingerprint density at radius 2 is 2.47 bits per heavy atom. The van der Waals surface area contributed by atoms with Crippen LogP contribution < -0.4 is 0 Å². The van der Waals surface area contributed by atoms with Crippen LogP contribution in [0.15, 0.2) is 4.52 Å². The van der Waals surface area contributed by atoms with Crippen LogP contribution >= 0.6 is 0 Å². The second kappa shape index (κ2) is 4.39. The molecular weight excluding hydrogens is 200 g/mol. The van der Waals surface area contributed by atoms with Crippen LogP contribution in [-0.2, 0) is 16.0 Å². The number of carboxylic acids is 1. The van der Waals surface area contributed by atoms with Gasteiger partial charge in [0.15, 0.2) is 5.82 Å². The van der Waals surface area contributed by atoms with E-state index in [1.165, 1.54) is 0 Å². The molecule has 0 bridgehead atoms. The fourth-order valence-electron chi connectivity index (χ4n) is 1.48. The molecule has 2 heterocycles. The van der Waals surface area contributed by atoms with Gasteiger partial charge in [-0.25, -0.2) is 0 Å². The van der Waals surface area contributed by atoms with Crippen molar-refractivity contribution >= 4 is 5.97 Å². The van der Waals surface area contributed by atoms with E-state index < -0.39 is 5.97 Å². The molecule has 6 heteroatoms. The largest absolute Gasteiger partial charge is 0.481 e. The number of nitrogens with zero attached hydrogens (tertiary/aromatic N) is 2. The first-order valence-electron chi connectivity index (χ1n) is 4.87. The van der Waals surface area contributed by atoms with Crippen LogP contribution in [0, 0.1) is 0 Å². The molecule has 82 valence electrons. The quantitative estimate of drug-likeness (QED) is 0.786. The third-order valence-electron chi connectivity index (χ3n) is 2.33. The van der Waals surface area contributed by atoms with E-state index in [2.05, 4.69) is 10.1 Å². The van der Waals surface area contributed by atoms with Crippen molar-refractivity contribution in [2.45, 2.75) is 25.2 Å². The van der Waals surface area contributed by atoms with Crippen molar-refractivity contribution < 1.29 is 19.2 Å². The molecule has 0 radical (unpaired) electrons. The topological polar surface area (TPSA) is 85.5 Å². The molecule has 1 aliphatic heterocycles. The summed E-state index contributed by atoms with van der Waals surface area (Å²) in [7, 11) is 0. The smallest absolute Gasteiger partial charge is 0.303 e. The Morgan fingerprint density at radius 3 is 3.13 bits per heavy atom. The predicted octanol–water partition coefficient (Wildman–Crippen LogP) is 0.591. The highest BCUT2D eigenvalue weighted by Crippen LogP contribution is 2.23. The zero-order chi connectivity index (χ0) is 10.7. The maximum Gasteiger partial charge on any atom is 0.303 e. The second-order valence-corrected chi connectivity index (χ2v) is 3.50. The average Bonchev–Trinajstić information content (AvgIpc) is 2.85. The van der Waals surface area contributed by atoms with Crippen LogP contribution in [0.5, 0.6) is 0 Å². The van der Waals surface area contributed by atoms with Gasteiger partial charge in [-0.15, -0.1) is 0 Å². The number of aliphatic carboxylic acids is 1. The molecule has 15 heavy (non-hydrogen) atoms. The van der Waals surface area contributed by atoms with Crippen molar-refractivity contribution in [3.63, 3.8) is 0 Å². The van der Waals surface area contributed by atoms with Crippen molar-refractivity contribution in [2.24, 2.45) is 0 Å². The first-order chi connectivity index (χ1) is 7.25. The Kier molecular flexibility index (Phi) is 2.96. The van der Waals surface area contributed by atoms with Crippen LogP contribution in [0.3, 0.4) is 0 Å². The van der Waals surface area contributed by atoms with E-state index in [1.54, 1.807) is 0 Å². The molecule has 1 fully saturated rings. The Labute approximate surface area is 86.2 Å². The van der Waals surface area contributed by atoms with Gasteiger partial charge in [-0.1, -0.05) is 5.16 Å². The molecule has 0 amide bonds. The summed E-state index contributed by atoms with van der Waals surface area (Å²) in [5, 5.41) is 12.2. The van der Waals surface area contributed by atoms with Crippen molar-refractivity contribution in [1.82, 2.24) is 10.1 Å². The molecule has 1 aromatic heterocycles. The first kappa shape index (κ1) is 10.1. The third kappa shape index (κ3) is 2.53. The van der Waals surface area contributed by atoms with Crippen molar-refractivity contribution in [3.8, 4) is 0 Å². The predicted molar refractivity (Wildman–Crippen MR) is 48.4 cm³/mol. The van der Waals surface area contributed by atoms with Crippen LogP contribution in [0.2, 0.25) is 0 Å². The number of aryl methyl sites for hydroxylation is 1. The van der Waals surface area contributed by atoms with Crippen molar-refractivity contribution in [3.05, 3.63) is 11.7 Å². The van der Waals surface area contributed by atoms with E-state index in [9.17, 15) is 4.79 Å². The normalized spacial score (nSPS) is 20.7. The minimum Gasteiger partial charge on any atom is -0.481 e. The number of hydrogen-bond donors (Lipinski definition) is 1. The standard InChI is InChI=1S/C9H12N2O4/c12-8(13)2-1-7-10-9(15-11-7)6-3-4-14-5-6/h6H,1-5H2,(H,12,13). The maximum atomic E-state index is 10.3. The molecule has 0 saturated carbocycles. The summed E-state index contributed by atoms with van der Waals surface area (Å²) in [5.41, 5.74) is 0. The fraction of sp³-hybridized carbons (Fsp3) is 0.667. The van der Waals surface area contributed by atoms with E-state index in [0.29, 0.717) is 24.7 Å². The van der Waals surface area contributed by atoms with E-state index in [1.807, 2.05) is 0 Å². The Balaban J connectivity index is 1.94. The summed E-state index contributed by atoms with van der Waals surface area (Å²) in [4.78, 5) is 14.5. The van der Waals surface area contributed by atoms with Gasteiger partial charge in [0.2, 0.25) is 5.89 Å². The molecular formula is C9H12N2O4. The zero-order valence-electron chi connectivity index (χ0n) is 8.18. The van der Waals surface area contributed by atoms with Gasteiger partial charge < -0.3 is 14.4 Å². The molecule has 6 nitrogen and oxygen atoms in total. The summed E-state index contributed by atoms with van der Waals surface area (Å²) in [6.45, 7) is 1.33. The summed E-state index contributed by atoms with van der Waals surface area (Å²) in [6, 6.07) is 0. The van der Waals surface area contributed by atoms with Crippen molar-refractivity contribution in [1.29, 1.82) is 0 Å². The molecule has 0 spiro atoms. The van der Waals surface area contributed by atoms with Gasteiger partial charge in [0, 0.05) is 13.0 Å². The minimum absolute atomic E-state index is 0.0279. The molecule has 0 aromatic carbocycles. The number of carbonyl (C=O) groups is 1. The van der Waals surface area contributed by atoms with Gasteiger partial charge in [0.1, 0.15) is 0 Å². The highest BCUT2D eigenvalue weighted by Gasteiger charge is 2.23. The summed E-state index contributed by atoms with van der Waals surface area (Å²) in [6.07, 6.45) is 1.23. The van der Waals surface area contributed by atoms with Gasteiger partial charge in [0.05, 0.1) is 18.9 Å². The van der Waals surface area contributed by atoms with E-state index in [4.69, 9.17) is 14.4 Å². The van der Waals surface area contributed by atoms with E-state index >= 15 is 0 Å². The Bertz CT molecular complexity index is 344. The molecule has 1 N–H and O–H groups in total. The molecule has 0 aliphatic carbocycles. The average molecular weight is 212 g/mol. The first-order valence-corrected chi connectivity index (χ1v) is 4.87. The van der Waals surface area contributed by atoms with Crippen LogP contribution in [0.25, 0.3) is 0 Å². The monoisotopic (exact) mass is 212 g/mol. The van der Waals surface area contributed by atoms with Gasteiger partial charge in [0.25, 0.3) is 0 Å². The summed E-state index contributed by atoms with van der Waals surface area (Å²) in [5.74, 6) is 0.341. The molecule has 1 saturated heterocycles. The summed E-state index contributed by atoms with van der Waals surface area (Å²) >= 11 is 0. The molecule has 2 rings (SSSR count). The Hall–Kier alpha value is -1.43. The SMILES string of the molecule is O=C(O)CCc1noc(C2CCOC2)n1. The van der Waals surface area contributed by atoms with Crippen LogP contribution in [0.1, 0.15) is 30.5 Å². The lowest BCUT2D eigenvalue weighted by atomic mass is 10.1. The van der Waals surface area contributed by atoms with Gasteiger partial charge in [-0.3, -0.25) is 4.79 Å². The number of aromatic nitrogens is 2. The van der Waals surface area contributed by atoms with Crippen LogP contribution in [-0.4, -0.2) is 34.4 Å². The van der Waals surface area contributed by atoms with Crippen molar-refractivity contribution in [2.75, 3.05) is 13.2 Å². The van der Waals surface area contributed by atoms with Gasteiger partial charge in [-0.2, -0.15) is 4.98 Å². The lowest BCUT2D eigenvalue weighted by Gasteiger charge is -1.97. The molecule has 1 aliphatic rings. The minimum atomic E-state index is -0.856. The maximum absolute atomic E-state index is 10.3.